The van der Waals surface area contributed by atoms with Crippen molar-refractivity contribution in [2.45, 2.75) is 45.4 Å². The molecule has 1 fully saturated rings. The van der Waals surface area contributed by atoms with Gasteiger partial charge in [0.1, 0.15) is 11.8 Å². The van der Waals surface area contributed by atoms with Gasteiger partial charge in [0.15, 0.2) is 6.10 Å². The standard InChI is InChI=1S/C18H20Cl2N2O8/c1-8(23)28-7-11-4-15(18(30-10(3)25)17(11)29-9(2)24)21-14-5-12(19)13(20)6-16(14)22(26)27/h5-6,11,15,17-18,21H,4,7H2,1-3H3/t11-,15-,17?,18+/m1/s1. The molecule has 0 saturated heterocycles. The minimum Gasteiger partial charge on any atom is -0.465 e. The molecule has 12 heteroatoms. The number of ether oxygens (including phenoxy) is 3. The number of rotatable bonds is 7. The van der Waals surface area contributed by atoms with E-state index in [0.29, 0.717) is 0 Å². The summed E-state index contributed by atoms with van der Waals surface area (Å²) >= 11 is 11.9. The molecule has 0 aliphatic heterocycles. The summed E-state index contributed by atoms with van der Waals surface area (Å²) in [5.74, 6) is -2.30. The van der Waals surface area contributed by atoms with Gasteiger partial charge in [0, 0.05) is 32.8 Å². The Morgan fingerprint density at radius 1 is 1.07 bits per heavy atom. The molecule has 2 rings (SSSR count). The number of nitrogens with zero attached hydrogens (tertiary/aromatic N) is 1. The summed E-state index contributed by atoms with van der Waals surface area (Å²) in [7, 11) is 0. The highest BCUT2D eigenvalue weighted by Gasteiger charge is 2.48. The van der Waals surface area contributed by atoms with E-state index in [4.69, 9.17) is 37.4 Å². The van der Waals surface area contributed by atoms with Crippen LogP contribution in [0.2, 0.25) is 10.0 Å². The maximum absolute atomic E-state index is 11.7. The Balaban J connectivity index is 2.39. The van der Waals surface area contributed by atoms with Crippen molar-refractivity contribution in [1.29, 1.82) is 0 Å². The largest absolute Gasteiger partial charge is 0.465 e. The van der Waals surface area contributed by atoms with E-state index >= 15 is 0 Å². The van der Waals surface area contributed by atoms with Crippen LogP contribution in [0.15, 0.2) is 12.1 Å². The summed E-state index contributed by atoms with van der Waals surface area (Å²) in [4.78, 5) is 45.2. The Bertz CT molecular complexity index is 863. The SMILES string of the molecule is CC(=O)OC[C@H]1C[C@@H](Nc2cc(Cl)c(Cl)cc2[N+](=O)[O-])[C@H](OC(C)=O)C1OC(C)=O. The van der Waals surface area contributed by atoms with Gasteiger partial charge in [0.25, 0.3) is 5.69 Å². The Morgan fingerprint density at radius 2 is 1.63 bits per heavy atom. The first-order valence-electron chi connectivity index (χ1n) is 8.87. The molecule has 1 aliphatic rings. The second-order valence-corrected chi connectivity index (χ2v) is 7.55. The third-order valence-electron chi connectivity index (χ3n) is 4.42. The highest BCUT2D eigenvalue weighted by molar-refractivity contribution is 6.42. The molecule has 1 unspecified atom stereocenters. The molecule has 0 radical (unpaired) electrons. The Labute approximate surface area is 181 Å². The van der Waals surface area contributed by atoms with Gasteiger partial charge in [-0.3, -0.25) is 24.5 Å². The summed E-state index contributed by atoms with van der Waals surface area (Å²) in [6, 6.07) is 1.68. The molecule has 10 nitrogen and oxygen atoms in total. The van der Waals surface area contributed by atoms with Crippen LogP contribution in [0.25, 0.3) is 0 Å². The summed E-state index contributed by atoms with van der Waals surface area (Å²) in [6.45, 7) is 3.52. The van der Waals surface area contributed by atoms with Crippen LogP contribution in [0.3, 0.4) is 0 Å². The molecule has 1 aliphatic carbocycles. The van der Waals surface area contributed by atoms with E-state index in [9.17, 15) is 24.5 Å². The number of nitro benzene ring substituents is 1. The van der Waals surface area contributed by atoms with Gasteiger partial charge < -0.3 is 19.5 Å². The minimum absolute atomic E-state index is 0.00222. The molecule has 0 amide bonds. The first-order chi connectivity index (χ1) is 14.0. The van der Waals surface area contributed by atoms with Crippen LogP contribution in [0.1, 0.15) is 27.2 Å². The average Bonchev–Trinajstić information content (AvgIpc) is 2.91. The zero-order valence-corrected chi connectivity index (χ0v) is 17.9. The smallest absolute Gasteiger partial charge is 0.303 e. The second-order valence-electron chi connectivity index (χ2n) is 6.74. The number of nitrogens with one attached hydrogen (secondary N) is 1. The number of hydrogen-bond acceptors (Lipinski definition) is 9. The molecule has 0 spiro atoms. The molecule has 1 aromatic carbocycles. The van der Waals surface area contributed by atoms with Crippen LogP contribution < -0.4 is 5.32 Å². The van der Waals surface area contributed by atoms with Crippen molar-refractivity contribution < 1.29 is 33.5 Å². The molecule has 1 saturated carbocycles. The highest BCUT2D eigenvalue weighted by atomic mass is 35.5. The monoisotopic (exact) mass is 462 g/mol. The minimum atomic E-state index is -0.985. The van der Waals surface area contributed by atoms with Crippen molar-refractivity contribution in [3.05, 3.63) is 32.3 Å². The van der Waals surface area contributed by atoms with Gasteiger partial charge in [0.2, 0.25) is 0 Å². The van der Waals surface area contributed by atoms with Crippen molar-refractivity contribution in [3.8, 4) is 0 Å². The quantitative estimate of drug-likeness (QED) is 0.280. The van der Waals surface area contributed by atoms with Crippen LogP contribution in [-0.4, -0.2) is 47.7 Å². The fourth-order valence-corrected chi connectivity index (χ4v) is 3.64. The zero-order chi connectivity index (χ0) is 22.6. The second kappa shape index (κ2) is 9.94. The molecule has 0 heterocycles. The molecule has 0 bridgehead atoms. The topological polar surface area (TPSA) is 134 Å². The average molecular weight is 463 g/mol. The normalized spacial score (nSPS) is 22.8. The number of hydrogen-bond donors (Lipinski definition) is 1. The number of carbonyl (C=O) groups is 3. The Morgan fingerprint density at radius 3 is 2.17 bits per heavy atom. The number of anilines is 1. The van der Waals surface area contributed by atoms with Crippen LogP contribution in [-0.2, 0) is 28.6 Å². The summed E-state index contributed by atoms with van der Waals surface area (Å²) in [5.41, 5.74) is -0.287. The highest BCUT2D eigenvalue weighted by Crippen LogP contribution is 2.38. The predicted octanol–water partition coefficient (Wildman–Crippen LogP) is 3.13. The van der Waals surface area contributed by atoms with Crippen LogP contribution >= 0.6 is 23.2 Å². The van der Waals surface area contributed by atoms with Crippen LogP contribution in [0.5, 0.6) is 0 Å². The molecule has 1 aromatic rings. The van der Waals surface area contributed by atoms with Crippen LogP contribution in [0.4, 0.5) is 11.4 Å². The van der Waals surface area contributed by atoms with Crippen molar-refractivity contribution in [2.75, 3.05) is 11.9 Å². The van der Waals surface area contributed by atoms with Gasteiger partial charge in [-0.15, -0.1) is 0 Å². The van der Waals surface area contributed by atoms with Gasteiger partial charge in [-0.05, 0) is 12.5 Å². The maximum Gasteiger partial charge on any atom is 0.303 e. The lowest BCUT2D eigenvalue weighted by Gasteiger charge is -2.26. The van der Waals surface area contributed by atoms with E-state index < -0.39 is 47.0 Å². The first-order valence-corrected chi connectivity index (χ1v) is 9.63. The van der Waals surface area contributed by atoms with Crippen molar-refractivity contribution in [1.82, 2.24) is 0 Å². The van der Waals surface area contributed by atoms with E-state index in [-0.39, 0.29) is 34.4 Å². The van der Waals surface area contributed by atoms with Crippen molar-refractivity contribution >= 4 is 52.5 Å². The van der Waals surface area contributed by atoms with E-state index in [0.717, 1.165) is 6.07 Å². The fourth-order valence-electron chi connectivity index (χ4n) is 3.32. The maximum atomic E-state index is 11.7. The number of nitro groups is 1. The van der Waals surface area contributed by atoms with Gasteiger partial charge in [-0.1, -0.05) is 23.2 Å². The summed E-state index contributed by atoms with van der Waals surface area (Å²) in [6.07, 6.45) is -1.69. The van der Waals surface area contributed by atoms with Gasteiger partial charge in [0.05, 0.1) is 27.6 Å². The molecule has 164 valence electrons. The Kier molecular flexibility index (Phi) is 7.85. The van der Waals surface area contributed by atoms with E-state index in [1.807, 2.05) is 0 Å². The summed E-state index contributed by atoms with van der Waals surface area (Å²) in [5, 5.41) is 14.4. The van der Waals surface area contributed by atoms with E-state index in [2.05, 4.69) is 5.32 Å². The van der Waals surface area contributed by atoms with Gasteiger partial charge in [-0.2, -0.15) is 0 Å². The predicted molar refractivity (Wildman–Crippen MR) is 106 cm³/mol. The van der Waals surface area contributed by atoms with E-state index in [1.165, 1.54) is 26.8 Å². The fraction of sp³-hybridized carbons (Fsp3) is 0.500. The Hall–Kier alpha value is -2.59. The third-order valence-corrected chi connectivity index (χ3v) is 5.14. The molecule has 0 aromatic heterocycles. The van der Waals surface area contributed by atoms with Crippen molar-refractivity contribution in [2.24, 2.45) is 5.92 Å². The number of esters is 3. The first kappa shape index (κ1) is 23.7. The van der Waals surface area contributed by atoms with E-state index in [1.54, 1.807) is 0 Å². The van der Waals surface area contributed by atoms with Gasteiger partial charge >= 0.3 is 17.9 Å². The molecule has 1 N–H and O–H groups in total. The molecular weight excluding hydrogens is 443 g/mol. The lowest BCUT2D eigenvalue weighted by molar-refractivity contribution is -0.384. The summed E-state index contributed by atoms with van der Waals surface area (Å²) < 4.78 is 15.7. The van der Waals surface area contributed by atoms with Crippen molar-refractivity contribution in [3.63, 3.8) is 0 Å². The molecular formula is C18H20Cl2N2O8. The lowest BCUT2D eigenvalue weighted by atomic mass is 10.1. The number of benzene rings is 1. The number of carbonyl (C=O) groups excluding carboxylic acids is 3. The molecule has 30 heavy (non-hydrogen) atoms. The molecule has 4 atom stereocenters. The van der Waals surface area contributed by atoms with Crippen LogP contribution in [0, 0.1) is 16.0 Å². The number of halogens is 2. The third kappa shape index (κ3) is 5.96. The lowest BCUT2D eigenvalue weighted by Crippen LogP contribution is -2.41. The zero-order valence-electron chi connectivity index (χ0n) is 16.3. The van der Waals surface area contributed by atoms with Gasteiger partial charge in [-0.25, -0.2) is 0 Å².